The summed E-state index contributed by atoms with van der Waals surface area (Å²) in [6.45, 7) is 1.41. The van der Waals surface area contributed by atoms with E-state index < -0.39 is 18.0 Å². The van der Waals surface area contributed by atoms with Crippen molar-refractivity contribution in [3.05, 3.63) is 48.0 Å². The van der Waals surface area contributed by atoms with Crippen molar-refractivity contribution in [3.63, 3.8) is 0 Å². The summed E-state index contributed by atoms with van der Waals surface area (Å²) in [6, 6.07) is 12.0. The first-order valence-corrected chi connectivity index (χ1v) is 8.14. The molecule has 8 nitrogen and oxygen atoms in total. The van der Waals surface area contributed by atoms with E-state index in [1.807, 2.05) is 6.07 Å². The normalized spacial score (nSPS) is 15.3. The smallest absolute Gasteiger partial charge is 0.308 e. The molecular weight excluding hydrogens is 352 g/mol. The minimum Gasteiger partial charge on any atom is -0.493 e. The molecule has 1 N–H and O–H groups in total. The van der Waals surface area contributed by atoms with Crippen LogP contribution in [-0.4, -0.2) is 37.9 Å². The van der Waals surface area contributed by atoms with Gasteiger partial charge >= 0.3 is 5.97 Å². The Morgan fingerprint density at radius 1 is 1.19 bits per heavy atom. The lowest BCUT2D eigenvalue weighted by molar-refractivity contribution is -0.132. The van der Waals surface area contributed by atoms with Crippen molar-refractivity contribution in [2.75, 3.05) is 13.7 Å². The van der Waals surface area contributed by atoms with Gasteiger partial charge in [0.05, 0.1) is 13.3 Å². The molecule has 0 saturated carbocycles. The highest BCUT2D eigenvalue weighted by Crippen LogP contribution is 2.31. The number of methoxy groups -OCH3 is 1. The van der Waals surface area contributed by atoms with E-state index >= 15 is 0 Å². The second kappa shape index (κ2) is 8.22. The fraction of sp³-hybridized carbons (Fsp3) is 0.211. The molecule has 8 heteroatoms. The van der Waals surface area contributed by atoms with E-state index in [1.54, 1.807) is 36.4 Å². The van der Waals surface area contributed by atoms with Crippen molar-refractivity contribution in [1.82, 2.24) is 5.43 Å². The van der Waals surface area contributed by atoms with Gasteiger partial charge in [0.1, 0.15) is 6.61 Å². The first-order chi connectivity index (χ1) is 13.1. The van der Waals surface area contributed by atoms with Crippen LogP contribution >= 0.6 is 0 Å². The van der Waals surface area contributed by atoms with Gasteiger partial charge < -0.3 is 18.9 Å². The van der Waals surface area contributed by atoms with E-state index in [4.69, 9.17) is 18.9 Å². The minimum atomic E-state index is -0.794. The van der Waals surface area contributed by atoms with Crippen LogP contribution in [0.3, 0.4) is 0 Å². The van der Waals surface area contributed by atoms with Crippen LogP contribution in [-0.2, 0) is 9.59 Å². The fourth-order valence-corrected chi connectivity index (χ4v) is 2.39. The number of carbonyl (C=O) groups is 2. The summed E-state index contributed by atoms with van der Waals surface area (Å²) in [6.07, 6.45) is 0.646. The number of nitrogens with one attached hydrogen (secondary N) is 1. The van der Waals surface area contributed by atoms with Gasteiger partial charge in [0, 0.05) is 6.92 Å². The highest BCUT2D eigenvalue weighted by Gasteiger charge is 2.26. The van der Waals surface area contributed by atoms with Crippen molar-refractivity contribution < 1.29 is 28.5 Å². The topological polar surface area (TPSA) is 95.5 Å². The monoisotopic (exact) mass is 370 g/mol. The van der Waals surface area contributed by atoms with Gasteiger partial charge in [-0.25, -0.2) is 5.43 Å². The first-order valence-electron chi connectivity index (χ1n) is 8.14. The highest BCUT2D eigenvalue weighted by molar-refractivity contribution is 5.85. The molecule has 1 heterocycles. The predicted octanol–water partition coefficient (Wildman–Crippen LogP) is 1.91. The molecule has 1 unspecified atom stereocenters. The van der Waals surface area contributed by atoms with Gasteiger partial charge in [0.2, 0.25) is 6.10 Å². The fourth-order valence-electron chi connectivity index (χ4n) is 2.39. The Balaban J connectivity index is 1.60. The number of hydrogen-bond donors (Lipinski definition) is 1. The molecule has 2 aromatic carbocycles. The van der Waals surface area contributed by atoms with Gasteiger partial charge in [-0.1, -0.05) is 12.1 Å². The number of hydrazone groups is 1. The molecule has 140 valence electrons. The van der Waals surface area contributed by atoms with E-state index in [2.05, 4.69) is 10.5 Å². The molecule has 0 aliphatic carbocycles. The molecule has 2 aromatic rings. The van der Waals surface area contributed by atoms with Crippen molar-refractivity contribution in [1.29, 1.82) is 0 Å². The van der Waals surface area contributed by atoms with Crippen LogP contribution in [0, 0.1) is 0 Å². The van der Waals surface area contributed by atoms with Crippen LogP contribution in [0.2, 0.25) is 0 Å². The number of esters is 1. The Morgan fingerprint density at radius 3 is 2.70 bits per heavy atom. The second-order valence-corrected chi connectivity index (χ2v) is 5.60. The summed E-state index contributed by atoms with van der Waals surface area (Å²) in [5.41, 5.74) is 3.06. The number of benzene rings is 2. The zero-order valence-electron chi connectivity index (χ0n) is 14.8. The van der Waals surface area contributed by atoms with Gasteiger partial charge in [0.25, 0.3) is 5.91 Å². The van der Waals surface area contributed by atoms with Gasteiger partial charge in [-0.15, -0.1) is 0 Å². The van der Waals surface area contributed by atoms with Crippen LogP contribution in [0.1, 0.15) is 12.5 Å². The van der Waals surface area contributed by atoms with Crippen LogP contribution in [0.25, 0.3) is 0 Å². The summed E-state index contributed by atoms with van der Waals surface area (Å²) in [5.74, 6) is 0.921. The Morgan fingerprint density at radius 2 is 1.96 bits per heavy atom. The Labute approximate surface area is 155 Å². The summed E-state index contributed by atoms with van der Waals surface area (Å²) in [7, 11) is 1.46. The Kier molecular flexibility index (Phi) is 5.55. The molecule has 1 aliphatic rings. The summed E-state index contributed by atoms with van der Waals surface area (Å²) in [4.78, 5) is 23.3. The summed E-state index contributed by atoms with van der Waals surface area (Å²) in [5, 5.41) is 3.92. The zero-order chi connectivity index (χ0) is 19.2. The largest absolute Gasteiger partial charge is 0.493 e. The Bertz CT molecular complexity index is 880. The number of hydrogen-bond acceptors (Lipinski definition) is 7. The number of rotatable bonds is 5. The second-order valence-electron chi connectivity index (χ2n) is 5.60. The van der Waals surface area contributed by atoms with Crippen molar-refractivity contribution >= 4 is 18.1 Å². The maximum atomic E-state index is 12.2. The number of ether oxygens (including phenoxy) is 4. The maximum Gasteiger partial charge on any atom is 0.308 e. The Hall–Kier alpha value is -3.55. The molecule has 1 atom stereocenters. The van der Waals surface area contributed by atoms with Gasteiger partial charge in [0.15, 0.2) is 23.0 Å². The molecule has 0 bridgehead atoms. The van der Waals surface area contributed by atoms with Gasteiger partial charge in [-0.2, -0.15) is 5.10 Å². The van der Waals surface area contributed by atoms with Crippen LogP contribution in [0.4, 0.5) is 0 Å². The van der Waals surface area contributed by atoms with Crippen molar-refractivity contribution in [3.8, 4) is 23.0 Å². The molecule has 1 aliphatic heterocycles. The van der Waals surface area contributed by atoms with Crippen LogP contribution in [0.15, 0.2) is 47.6 Å². The first kappa shape index (κ1) is 18.2. The number of carbonyl (C=O) groups excluding carboxylic acids is 2. The summed E-state index contributed by atoms with van der Waals surface area (Å²) < 4.78 is 21.3. The molecule has 0 saturated heterocycles. The molecule has 3 rings (SSSR count). The third kappa shape index (κ3) is 4.55. The van der Waals surface area contributed by atoms with E-state index in [-0.39, 0.29) is 6.61 Å². The van der Waals surface area contributed by atoms with Crippen molar-refractivity contribution in [2.45, 2.75) is 13.0 Å². The van der Waals surface area contributed by atoms with E-state index in [0.29, 0.717) is 28.6 Å². The highest BCUT2D eigenvalue weighted by atomic mass is 16.6. The van der Waals surface area contributed by atoms with Gasteiger partial charge in [-0.05, 0) is 35.9 Å². The maximum absolute atomic E-state index is 12.2. The van der Waals surface area contributed by atoms with Gasteiger partial charge in [-0.3, -0.25) is 9.59 Å². The van der Waals surface area contributed by atoms with Crippen LogP contribution < -0.4 is 24.4 Å². The number of para-hydroxylation sites is 2. The molecular formula is C19H18N2O6. The lowest BCUT2D eigenvalue weighted by Gasteiger charge is -2.24. The summed E-state index contributed by atoms with van der Waals surface area (Å²) >= 11 is 0. The molecule has 0 spiro atoms. The van der Waals surface area contributed by atoms with Crippen molar-refractivity contribution in [2.24, 2.45) is 5.10 Å². The van der Waals surface area contributed by atoms with Crippen LogP contribution in [0.5, 0.6) is 23.0 Å². The standard InChI is InChI=1S/C19H18N2O6/c1-12(22)26-16-8-7-13(9-17(16)24-2)10-20-21-19(23)18-11-25-14-5-3-4-6-15(14)27-18/h3-10,18H,11H2,1-2H3,(H,21,23)/b20-10+. The van der Waals surface area contributed by atoms with E-state index in [0.717, 1.165) is 0 Å². The molecule has 0 fully saturated rings. The lowest BCUT2D eigenvalue weighted by Crippen LogP contribution is -2.42. The average Bonchev–Trinajstić information content (AvgIpc) is 2.68. The number of fused-ring (bicyclic) bond motifs is 1. The molecule has 27 heavy (non-hydrogen) atoms. The predicted molar refractivity (Wildman–Crippen MR) is 96.4 cm³/mol. The van der Waals surface area contributed by atoms with E-state index in [9.17, 15) is 9.59 Å². The molecule has 1 amide bonds. The quantitative estimate of drug-likeness (QED) is 0.374. The van der Waals surface area contributed by atoms with E-state index in [1.165, 1.54) is 20.2 Å². The zero-order valence-corrected chi connectivity index (χ0v) is 14.8. The number of nitrogens with zero attached hydrogens (tertiary/aromatic N) is 1. The molecule has 0 aromatic heterocycles. The average molecular weight is 370 g/mol. The third-order valence-electron chi connectivity index (χ3n) is 3.63. The minimum absolute atomic E-state index is 0.100. The number of amides is 1. The third-order valence-corrected chi connectivity index (χ3v) is 3.63. The lowest BCUT2D eigenvalue weighted by atomic mass is 10.2. The molecule has 0 radical (unpaired) electrons. The SMILES string of the molecule is COc1cc(/C=N/NC(=O)C2COc3ccccc3O2)ccc1OC(C)=O.